The van der Waals surface area contributed by atoms with Crippen LogP contribution in [0.25, 0.3) is 0 Å². The Bertz CT molecular complexity index is 491. The molecule has 0 unspecified atom stereocenters. The fourth-order valence-corrected chi connectivity index (χ4v) is 2.70. The molecule has 3 nitrogen and oxygen atoms in total. The molecule has 2 N–H and O–H groups in total. The van der Waals surface area contributed by atoms with Gasteiger partial charge in [0.25, 0.3) is 0 Å². The molecule has 22 heavy (non-hydrogen) atoms. The van der Waals surface area contributed by atoms with Crippen molar-refractivity contribution < 1.29 is 4.79 Å². The first-order valence-electron chi connectivity index (χ1n) is 8.45. The zero-order chi connectivity index (χ0) is 15.6. The maximum atomic E-state index is 11.8. The molecule has 0 aliphatic heterocycles. The summed E-state index contributed by atoms with van der Waals surface area (Å²) in [6.07, 6.45) is 9.26. The van der Waals surface area contributed by atoms with Gasteiger partial charge < -0.3 is 10.6 Å². The quantitative estimate of drug-likeness (QED) is 0.570. The minimum absolute atomic E-state index is 0.116. The molecule has 2 rings (SSSR count). The average molecular weight is 300 g/mol. The third-order valence-electron chi connectivity index (χ3n) is 4.15. The molecular formula is C19H28N2O. The Kier molecular flexibility index (Phi) is 7.17. The molecular weight excluding hydrogens is 272 g/mol. The van der Waals surface area contributed by atoms with Crippen LogP contribution in [-0.4, -0.2) is 19.0 Å². The lowest BCUT2D eigenvalue weighted by Crippen LogP contribution is -2.27. The van der Waals surface area contributed by atoms with Crippen molar-refractivity contribution in [3.05, 3.63) is 47.0 Å². The first kappa shape index (κ1) is 16.8. The summed E-state index contributed by atoms with van der Waals surface area (Å²) in [6, 6.07) is 8.27. The van der Waals surface area contributed by atoms with Crippen LogP contribution in [-0.2, 0) is 11.3 Å². The third-order valence-corrected chi connectivity index (χ3v) is 4.15. The summed E-state index contributed by atoms with van der Waals surface area (Å²) in [5.41, 5.74) is 3.98. The molecule has 1 aromatic rings. The lowest BCUT2D eigenvalue weighted by Gasteiger charge is -2.12. The highest BCUT2D eigenvalue weighted by Crippen LogP contribution is 2.19. The van der Waals surface area contributed by atoms with E-state index in [-0.39, 0.29) is 5.91 Å². The Morgan fingerprint density at radius 1 is 1.14 bits per heavy atom. The average Bonchev–Trinajstić information content (AvgIpc) is 2.55. The number of hydrogen-bond acceptors (Lipinski definition) is 2. The molecule has 3 heteroatoms. The second kappa shape index (κ2) is 9.42. The summed E-state index contributed by atoms with van der Waals surface area (Å²) >= 11 is 0. The molecule has 120 valence electrons. The largest absolute Gasteiger partial charge is 0.352 e. The molecule has 0 atom stereocenters. The van der Waals surface area contributed by atoms with Crippen LogP contribution in [0.1, 0.15) is 49.7 Å². The van der Waals surface area contributed by atoms with Gasteiger partial charge in [-0.15, -0.1) is 0 Å². The minimum Gasteiger partial charge on any atom is -0.352 e. The molecule has 1 aliphatic carbocycles. The monoisotopic (exact) mass is 300 g/mol. The summed E-state index contributed by atoms with van der Waals surface area (Å²) in [6.45, 7) is 4.42. The van der Waals surface area contributed by atoms with Crippen molar-refractivity contribution >= 4 is 5.91 Å². The van der Waals surface area contributed by atoms with Crippen LogP contribution in [0.5, 0.6) is 0 Å². The van der Waals surface area contributed by atoms with Gasteiger partial charge >= 0.3 is 0 Å². The number of carbonyl (C=O) groups excluding carboxylic acids is 1. The van der Waals surface area contributed by atoms with E-state index in [1.165, 1.54) is 31.2 Å². The number of amides is 1. The highest BCUT2D eigenvalue weighted by Gasteiger charge is 2.04. The number of aryl methyl sites for hydroxylation is 1. The lowest BCUT2D eigenvalue weighted by molar-refractivity contribution is -0.121. The predicted octanol–water partition coefficient (Wildman–Crippen LogP) is 3.48. The number of allylic oxidation sites excluding steroid dienone is 1. The first-order chi connectivity index (χ1) is 10.7. The van der Waals surface area contributed by atoms with E-state index in [0.29, 0.717) is 13.0 Å². The number of benzene rings is 1. The molecule has 1 aliphatic rings. The topological polar surface area (TPSA) is 41.1 Å². The standard InChI is InChI=1S/C19H28N2O/c1-16-7-9-18(10-8-16)15-21-19(22)12-14-20-13-11-17-5-3-2-4-6-17/h5,7-10,20H,2-4,6,11-15H2,1H3,(H,21,22). The van der Waals surface area contributed by atoms with Gasteiger partial charge in [0.1, 0.15) is 0 Å². The van der Waals surface area contributed by atoms with Crippen LogP contribution < -0.4 is 10.6 Å². The van der Waals surface area contributed by atoms with Gasteiger partial charge in [0, 0.05) is 19.5 Å². The molecule has 0 radical (unpaired) electrons. The summed E-state index contributed by atoms with van der Waals surface area (Å²) in [5, 5.41) is 6.34. The normalized spacial score (nSPS) is 14.5. The zero-order valence-electron chi connectivity index (χ0n) is 13.7. The molecule has 0 saturated heterocycles. The lowest BCUT2D eigenvalue weighted by atomic mass is 9.97. The van der Waals surface area contributed by atoms with Crippen LogP contribution in [0.4, 0.5) is 0 Å². The molecule has 0 bridgehead atoms. The number of rotatable bonds is 8. The van der Waals surface area contributed by atoms with Gasteiger partial charge in [0.15, 0.2) is 0 Å². The van der Waals surface area contributed by atoms with E-state index in [9.17, 15) is 4.79 Å². The van der Waals surface area contributed by atoms with Gasteiger partial charge in [-0.25, -0.2) is 0 Å². The summed E-state index contributed by atoms with van der Waals surface area (Å²) in [7, 11) is 0. The molecule has 1 amide bonds. The smallest absolute Gasteiger partial charge is 0.221 e. The van der Waals surface area contributed by atoms with Crippen molar-refractivity contribution in [3.63, 3.8) is 0 Å². The van der Waals surface area contributed by atoms with Crippen molar-refractivity contribution in [2.45, 2.75) is 52.0 Å². The summed E-state index contributed by atoms with van der Waals surface area (Å²) < 4.78 is 0. The summed E-state index contributed by atoms with van der Waals surface area (Å²) in [5.74, 6) is 0.116. The van der Waals surface area contributed by atoms with Crippen LogP contribution in [0.3, 0.4) is 0 Å². The fourth-order valence-electron chi connectivity index (χ4n) is 2.70. The highest BCUT2D eigenvalue weighted by atomic mass is 16.1. The minimum atomic E-state index is 0.116. The summed E-state index contributed by atoms with van der Waals surface area (Å²) in [4.78, 5) is 11.8. The van der Waals surface area contributed by atoms with Crippen LogP contribution in [0.15, 0.2) is 35.9 Å². The third kappa shape index (κ3) is 6.44. The molecule has 0 spiro atoms. The molecule has 0 aromatic heterocycles. The Labute approximate surface area is 134 Å². The maximum absolute atomic E-state index is 11.8. The van der Waals surface area contributed by atoms with Gasteiger partial charge in [0.2, 0.25) is 5.91 Å². The number of carbonyl (C=O) groups is 1. The fraction of sp³-hybridized carbons (Fsp3) is 0.526. The van der Waals surface area contributed by atoms with Gasteiger partial charge in [-0.2, -0.15) is 0 Å². The maximum Gasteiger partial charge on any atom is 0.221 e. The SMILES string of the molecule is Cc1ccc(CNC(=O)CCNCCC2=CCCCC2)cc1. The number of hydrogen-bond donors (Lipinski definition) is 2. The number of nitrogens with one attached hydrogen (secondary N) is 2. The highest BCUT2D eigenvalue weighted by molar-refractivity contribution is 5.76. The Morgan fingerprint density at radius 2 is 1.95 bits per heavy atom. The van der Waals surface area contributed by atoms with Gasteiger partial charge in [-0.1, -0.05) is 41.5 Å². The Morgan fingerprint density at radius 3 is 2.68 bits per heavy atom. The van der Waals surface area contributed by atoms with Crippen LogP contribution in [0, 0.1) is 6.92 Å². The van der Waals surface area contributed by atoms with E-state index in [2.05, 4.69) is 47.9 Å². The van der Waals surface area contributed by atoms with E-state index >= 15 is 0 Å². The Balaban J connectivity index is 1.52. The van der Waals surface area contributed by atoms with E-state index in [1.807, 2.05) is 0 Å². The van der Waals surface area contributed by atoms with Crippen molar-refractivity contribution in [2.75, 3.05) is 13.1 Å². The second-order valence-corrected chi connectivity index (χ2v) is 6.12. The van der Waals surface area contributed by atoms with Crippen molar-refractivity contribution in [1.29, 1.82) is 0 Å². The van der Waals surface area contributed by atoms with Crippen molar-refractivity contribution in [3.8, 4) is 0 Å². The first-order valence-corrected chi connectivity index (χ1v) is 8.45. The van der Waals surface area contributed by atoms with E-state index in [4.69, 9.17) is 0 Å². The molecule has 0 saturated carbocycles. The Hall–Kier alpha value is -1.61. The van der Waals surface area contributed by atoms with Crippen LogP contribution in [0.2, 0.25) is 0 Å². The van der Waals surface area contributed by atoms with Crippen molar-refractivity contribution in [2.24, 2.45) is 0 Å². The van der Waals surface area contributed by atoms with E-state index < -0.39 is 0 Å². The van der Waals surface area contributed by atoms with E-state index in [1.54, 1.807) is 5.57 Å². The van der Waals surface area contributed by atoms with Gasteiger partial charge in [-0.3, -0.25) is 4.79 Å². The zero-order valence-corrected chi connectivity index (χ0v) is 13.7. The second-order valence-electron chi connectivity index (χ2n) is 6.12. The van der Waals surface area contributed by atoms with Gasteiger partial charge in [-0.05, 0) is 51.1 Å². The molecule has 1 aromatic carbocycles. The van der Waals surface area contributed by atoms with E-state index in [0.717, 1.165) is 25.1 Å². The predicted molar refractivity (Wildman–Crippen MR) is 91.7 cm³/mol. The van der Waals surface area contributed by atoms with Gasteiger partial charge in [0.05, 0.1) is 0 Å². The van der Waals surface area contributed by atoms with Crippen LogP contribution >= 0.6 is 0 Å². The molecule has 0 heterocycles. The van der Waals surface area contributed by atoms with Crippen molar-refractivity contribution in [1.82, 2.24) is 10.6 Å². The molecule has 0 fully saturated rings.